The first-order valence-corrected chi connectivity index (χ1v) is 9.01. The Kier molecular flexibility index (Phi) is 4.90. The number of hydrogen-bond donors (Lipinski definition) is 0. The molecule has 0 spiro atoms. The number of thiophene rings is 1. The fraction of sp³-hybridized carbons (Fsp3) is 0.556. The largest absolute Gasteiger partial charge is 0.252 e. The molecule has 0 amide bonds. The average molecular weight is 312 g/mol. The number of sulfonamides is 2. The first-order chi connectivity index (χ1) is 8.18. The summed E-state index contributed by atoms with van der Waals surface area (Å²) >= 11 is 1.11. The molecule has 0 aromatic carbocycles. The smallest absolute Gasteiger partial charge is 0.212 e. The molecular formula is C9H16N2O4S3. The molecule has 0 fully saturated rings. The van der Waals surface area contributed by atoms with Gasteiger partial charge >= 0.3 is 0 Å². The van der Waals surface area contributed by atoms with Gasteiger partial charge in [-0.05, 0) is 11.4 Å². The monoisotopic (exact) mass is 312 g/mol. The first-order valence-electron chi connectivity index (χ1n) is 5.08. The van der Waals surface area contributed by atoms with Crippen LogP contribution in [0.4, 0.5) is 0 Å². The van der Waals surface area contributed by atoms with Crippen LogP contribution < -0.4 is 0 Å². The summed E-state index contributed by atoms with van der Waals surface area (Å²) < 4.78 is 49.5. The summed E-state index contributed by atoms with van der Waals surface area (Å²) in [5, 5.41) is 1.66. The molecule has 9 heteroatoms. The average Bonchev–Trinajstić information content (AvgIpc) is 2.79. The van der Waals surface area contributed by atoms with E-state index in [0.29, 0.717) is 0 Å². The Morgan fingerprint density at radius 1 is 1.17 bits per heavy atom. The zero-order valence-corrected chi connectivity index (χ0v) is 12.8. The van der Waals surface area contributed by atoms with Crippen molar-refractivity contribution in [3.05, 3.63) is 17.5 Å². The van der Waals surface area contributed by atoms with Gasteiger partial charge in [0.1, 0.15) is 4.21 Å². The van der Waals surface area contributed by atoms with Crippen LogP contribution in [0.25, 0.3) is 0 Å². The maximum absolute atomic E-state index is 12.0. The predicted octanol–water partition coefficient (Wildman–Crippen LogP) is 0.260. The van der Waals surface area contributed by atoms with Crippen molar-refractivity contribution in [3.8, 4) is 0 Å². The second kappa shape index (κ2) is 5.66. The van der Waals surface area contributed by atoms with Gasteiger partial charge in [0, 0.05) is 27.7 Å². The first kappa shape index (κ1) is 15.6. The highest BCUT2D eigenvalue weighted by atomic mass is 32.2. The highest BCUT2D eigenvalue weighted by Gasteiger charge is 2.24. The molecule has 0 aliphatic rings. The van der Waals surface area contributed by atoms with Crippen LogP contribution in [0, 0.1) is 0 Å². The van der Waals surface area contributed by atoms with Gasteiger partial charge in [-0.25, -0.2) is 21.1 Å². The molecule has 1 aromatic rings. The summed E-state index contributed by atoms with van der Waals surface area (Å²) in [6, 6.07) is 3.14. The van der Waals surface area contributed by atoms with E-state index in [-0.39, 0.29) is 16.5 Å². The van der Waals surface area contributed by atoms with E-state index >= 15 is 0 Å². The van der Waals surface area contributed by atoms with Crippen molar-refractivity contribution in [1.82, 2.24) is 8.61 Å². The van der Waals surface area contributed by atoms with Crippen LogP contribution in [-0.4, -0.2) is 58.9 Å². The standard InChI is InChI=1S/C9H16N2O4S3/c1-10(2)17(12,13)8-6-11(3)18(14,15)9-5-4-7-16-9/h4-5,7H,6,8H2,1-3H3. The minimum atomic E-state index is -3.57. The molecule has 1 rings (SSSR count). The highest BCUT2D eigenvalue weighted by Crippen LogP contribution is 2.19. The van der Waals surface area contributed by atoms with Crippen molar-refractivity contribution in [2.24, 2.45) is 0 Å². The second-order valence-electron chi connectivity index (χ2n) is 3.86. The van der Waals surface area contributed by atoms with Crippen molar-refractivity contribution in [2.75, 3.05) is 33.4 Å². The lowest BCUT2D eigenvalue weighted by molar-refractivity contribution is 0.476. The summed E-state index contributed by atoms with van der Waals surface area (Å²) in [7, 11) is -2.75. The molecule has 0 bridgehead atoms. The zero-order chi connectivity index (χ0) is 14.0. The number of nitrogens with zero attached hydrogens (tertiary/aromatic N) is 2. The summed E-state index contributed by atoms with van der Waals surface area (Å²) in [4.78, 5) is 0. The molecule has 104 valence electrons. The number of rotatable bonds is 6. The van der Waals surface area contributed by atoms with Crippen LogP contribution in [0.5, 0.6) is 0 Å². The Morgan fingerprint density at radius 3 is 2.22 bits per heavy atom. The van der Waals surface area contributed by atoms with Crippen LogP contribution in [-0.2, 0) is 20.0 Å². The second-order valence-corrected chi connectivity index (χ2v) is 9.38. The third-order valence-corrected chi connectivity index (χ3v) is 7.42. The van der Waals surface area contributed by atoms with E-state index in [9.17, 15) is 16.8 Å². The maximum atomic E-state index is 12.0. The molecule has 0 atom stereocenters. The molecule has 1 aromatic heterocycles. The lowest BCUT2D eigenvalue weighted by Gasteiger charge is -2.17. The lowest BCUT2D eigenvalue weighted by atomic mass is 10.7. The van der Waals surface area contributed by atoms with Gasteiger partial charge in [-0.3, -0.25) is 0 Å². The molecule has 0 aliphatic heterocycles. The van der Waals surface area contributed by atoms with Crippen molar-refractivity contribution in [1.29, 1.82) is 0 Å². The normalized spacial score (nSPS) is 13.4. The van der Waals surface area contributed by atoms with Crippen molar-refractivity contribution in [3.63, 3.8) is 0 Å². The van der Waals surface area contributed by atoms with Gasteiger partial charge < -0.3 is 0 Å². The van der Waals surface area contributed by atoms with Crippen molar-refractivity contribution >= 4 is 31.4 Å². The van der Waals surface area contributed by atoms with Gasteiger partial charge in [0.2, 0.25) is 10.0 Å². The highest BCUT2D eigenvalue weighted by molar-refractivity contribution is 7.91. The van der Waals surface area contributed by atoms with Crippen molar-refractivity contribution < 1.29 is 16.8 Å². The van der Waals surface area contributed by atoms with Gasteiger partial charge in [-0.1, -0.05) is 6.07 Å². The van der Waals surface area contributed by atoms with E-state index in [1.54, 1.807) is 11.4 Å². The zero-order valence-electron chi connectivity index (χ0n) is 10.4. The van der Waals surface area contributed by atoms with Crippen LogP contribution in [0.15, 0.2) is 21.7 Å². The predicted molar refractivity (Wildman–Crippen MR) is 71.6 cm³/mol. The molecule has 0 saturated carbocycles. The van der Waals surface area contributed by atoms with E-state index in [1.165, 1.54) is 27.2 Å². The van der Waals surface area contributed by atoms with E-state index in [4.69, 9.17) is 0 Å². The minimum absolute atomic E-state index is 0.0687. The molecule has 0 aliphatic carbocycles. The third-order valence-electron chi connectivity index (χ3n) is 2.38. The molecule has 0 radical (unpaired) electrons. The quantitative estimate of drug-likeness (QED) is 0.755. The summed E-state index contributed by atoms with van der Waals surface area (Å²) in [6.45, 7) is -0.0687. The van der Waals surface area contributed by atoms with Crippen LogP contribution >= 0.6 is 11.3 Å². The molecule has 6 nitrogen and oxygen atoms in total. The van der Waals surface area contributed by atoms with Crippen molar-refractivity contribution in [2.45, 2.75) is 4.21 Å². The lowest BCUT2D eigenvalue weighted by Crippen LogP contribution is -2.35. The fourth-order valence-corrected chi connectivity index (χ4v) is 4.47. The molecular weight excluding hydrogens is 296 g/mol. The topological polar surface area (TPSA) is 74.8 Å². The van der Waals surface area contributed by atoms with Gasteiger partial charge in [0.05, 0.1) is 5.75 Å². The van der Waals surface area contributed by atoms with Gasteiger partial charge in [0.25, 0.3) is 10.0 Å². The molecule has 18 heavy (non-hydrogen) atoms. The van der Waals surface area contributed by atoms with Crippen LogP contribution in [0.1, 0.15) is 0 Å². The number of hydrogen-bond acceptors (Lipinski definition) is 5. The fourth-order valence-electron chi connectivity index (χ4n) is 1.11. The van der Waals surface area contributed by atoms with E-state index < -0.39 is 20.0 Å². The minimum Gasteiger partial charge on any atom is -0.212 e. The summed E-state index contributed by atoms with van der Waals surface area (Å²) in [5.74, 6) is -0.235. The molecule has 0 N–H and O–H groups in total. The van der Waals surface area contributed by atoms with Crippen LogP contribution in [0.2, 0.25) is 0 Å². The Hall–Kier alpha value is -0.480. The third kappa shape index (κ3) is 3.51. The van der Waals surface area contributed by atoms with Gasteiger partial charge in [0.15, 0.2) is 0 Å². The Bertz CT molecular complexity index is 575. The van der Waals surface area contributed by atoms with Gasteiger partial charge in [-0.2, -0.15) is 4.31 Å². The summed E-state index contributed by atoms with van der Waals surface area (Å²) in [6.07, 6.45) is 0. The molecule has 1 heterocycles. The van der Waals surface area contributed by atoms with Gasteiger partial charge in [-0.15, -0.1) is 11.3 Å². The Labute approximate surface area is 112 Å². The van der Waals surface area contributed by atoms with Crippen LogP contribution in [0.3, 0.4) is 0 Å². The van der Waals surface area contributed by atoms with E-state index in [0.717, 1.165) is 19.9 Å². The maximum Gasteiger partial charge on any atom is 0.252 e. The Morgan fingerprint density at radius 2 is 1.78 bits per heavy atom. The summed E-state index contributed by atoms with van der Waals surface area (Å²) in [5.41, 5.74) is 0. The van der Waals surface area contributed by atoms with E-state index in [2.05, 4.69) is 0 Å². The SMILES string of the molecule is CN(C)S(=O)(=O)CCN(C)S(=O)(=O)c1cccs1. The molecule has 0 saturated heterocycles. The molecule has 0 unspecified atom stereocenters. The van der Waals surface area contributed by atoms with E-state index in [1.807, 2.05) is 0 Å². The Balaban J connectivity index is 2.76.